The molecule has 2 rings (SSSR count). The second kappa shape index (κ2) is 6.34. The topological polar surface area (TPSA) is 60.9 Å². The Kier molecular flexibility index (Phi) is 4.91. The van der Waals surface area contributed by atoms with Gasteiger partial charge < -0.3 is 10.0 Å². The normalized spacial score (nSPS) is 26.6. The lowest BCUT2D eigenvalue weighted by Gasteiger charge is -2.45. The van der Waals surface area contributed by atoms with Crippen LogP contribution in [0.15, 0.2) is 0 Å². The number of likely N-dealkylation sites (tertiary alicyclic amines) is 1. The van der Waals surface area contributed by atoms with Crippen LogP contribution in [0.2, 0.25) is 0 Å². The predicted molar refractivity (Wildman–Crippen MR) is 81.0 cm³/mol. The van der Waals surface area contributed by atoms with Gasteiger partial charge in [-0.2, -0.15) is 0 Å². The van der Waals surface area contributed by atoms with Crippen molar-refractivity contribution in [1.82, 2.24) is 9.80 Å². The third-order valence-electron chi connectivity index (χ3n) is 5.41. The Bertz CT molecular complexity index is 406. The Labute approximate surface area is 127 Å². The fourth-order valence-corrected chi connectivity index (χ4v) is 3.59. The van der Waals surface area contributed by atoms with E-state index in [0.717, 1.165) is 19.4 Å². The van der Waals surface area contributed by atoms with Crippen molar-refractivity contribution < 1.29 is 14.7 Å². The second-order valence-electron chi connectivity index (χ2n) is 7.06. The Hall–Kier alpha value is -1.10. The van der Waals surface area contributed by atoms with E-state index in [1.165, 1.54) is 25.7 Å². The van der Waals surface area contributed by atoms with E-state index < -0.39 is 11.5 Å². The zero-order valence-electron chi connectivity index (χ0n) is 13.5. The van der Waals surface area contributed by atoms with Gasteiger partial charge in [0.05, 0.1) is 6.54 Å². The van der Waals surface area contributed by atoms with Crippen molar-refractivity contribution in [3.63, 3.8) is 0 Å². The van der Waals surface area contributed by atoms with Crippen LogP contribution in [-0.2, 0) is 9.59 Å². The van der Waals surface area contributed by atoms with Gasteiger partial charge in [0.25, 0.3) is 0 Å². The molecule has 0 radical (unpaired) electrons. The van der Waals surface area contributed by atoms with E-state index in [-0.39, 0.29) is 12.5 Å². The van der Waals surface area contributed by atoms with E-state index in [1.807, 2.05) is 4.90 Å². The van der Waals surface area contributed by atoms with Crippen LogP contribution >= 0.6 is 0 Å². The molecule has 0 aromatic rings. The summed E-state index contributed by atoms with van der Waals surface area (Å²) in [6.07, 6.45) is 7.17. The van der Waals surface area contributed by atoms with E-state index in [2.05, 4.69) is 0 Å². The van der Waals surface area contributed by atoms with Crippen LogP contribution in [0.5, 0.6) is 0 Å². The molecule has 120 valence electrons. The fraction of sp³-hybridized carbons (Fsp3) is 0.875. The van der Waals surface area contributed by atoms with Gasteiger partial charge in [0.15, 0.2) is 0 Å². The van der Waals surface area contributed by atoms with E-state index >= 15 is 0 Å². The first-order valence-corrected chi connectivity index (χ1v) is 8.08. The number of nitrogens with zero attached hydrogens (tertiary/aromatic N) is 2. The monoisotopic (exact) mass is 296 g/mol. The van der Waals surface area contributed by atoms with Crippen LogP contribution in [0.1, 0.15) is 52.4 Å². The molecule has 1 heterocycles. The highest BCUT2D eigenvalue weighted by Crippen LogP contribution is 2.35. The SMILES string of the molecule is CN(CC(=O)N1CCCC2CCCCC21)C(C)(C)C(=O)O. The summed E-state index contributed by atoms with van der Waals surface area (Å²) in [5, 5.41) is 9.26. The minimum Gasteiger partial charge on any atom is -0.480 e. The molecular weight excluding hydrogens is 268 g/mol. The maximum Gasteiger partial charge on any atom is 0.323 e. The molecule has 0 bridgehead atoms. The molecule has 1 aliphatic carbocycles. The van der Waals surface area contributed by atoms with Crippen molar-refractivity contribution in [3.8, 4) is 0 Å². The van der Waals surface area contributed by atoms with Crippen molar-refractivity contribution in [2.75, 3.05) is 20.1 Å². The Morgan fingerprint density at radius 3 is 2.48 bits per heavy atom. The Morgan fingerprint density at radius 1 is 1.19 bits per heavy atom. The van der Waals surface area contributed by atoms with E-state index in [4.69, 9.17) is 0 Å². The third kappa shape index (κ3) is 3.39. The molecule has 2 fully saturated rings. The van der Waals surface area contributed by atoms with Gasteiger partial charge in [-0.05, 0) is 52.5 Å². The van der Waals surface area contributed by atoms with Crippen molar-refractivity contribution >= 4 is 11.9 Å². The highest BCUT2D eigenvalue weighted by atomic mass is 16.4. The molecule has 0 spiro atoms. The number of aliphatic carboxylic acids is 1. The van der Waals surface area contributed by atoms with Crippen LogP contribution < -0.4 is 0 Å². The van der Waals surface area contributed by atoms with Crippen LogP contribution in [0.4, 0.5) is 0 Å². The number of rotatable bonds is 4. The molecule has 0 aromatic carbocycles. The van der Waals surface area contributed by atoms with Gasteiger partial charge in [0, 0.05) is 12.6 Å². The van der Waals surface area contributed by atoms with Crippen molar-refractivity contribution in [1.29, 1.82) is 0 Å². The molecule has 2 atom stereocenters. The van der Waals surface area contributed by atoms with E-state index in [0.29, 0.717) is 12.0 Å². The van der Waals surface area contributed by atoms with Crippen molar-refractivity contribution in [2.45, 2.75) is 64.0 Å². The molecule has 1 amide bonds. The molecular formula is C16H28N2O3. The zero-order valence-corrected chi connectivity index (χ0v) is 13.5. The highest BCUT2D eigenvalue weighted by molar-refractivity contribution is 5.82. The number of hydrogen-bond acceptors (Lipinski definition) is 3. The molecule has 2 unspecified atom stereocenters. The maximum absolute atomic E-state index is 12.6. The summed E-state index contributed by atoms with van der Waals surface area (Å²) in [7, 11) is 1.72. The van der Waals surface area contributed by atoms with Gasteiger partial charge in [0.2, 0.25) is 5.91 Å². The summed E-state index contributed by atoms with van der Waals surface area (Å²) in [5.41, 5.74) is -1.02. The molecule has 5 heteroatoms. The smallest absolute Gasteiger partial charge is 0.323 e. The van der Waals surface area contributed by atoms with Crippen LogP contribution in [0, 0.1) is 5.92 Å². The van der Waals surface area contributed by atoms with Crippen LogP contribution in [-0.4, -0.2) is 58.5 Å². The van der Waals surface area contributed by atoms with Gasteiger partial charge in [-0.1, -0.05) is 12.8 Å². The van der Waals surface area contributed by atoms with E-state index in [9.17, 15) is 14.7 Å². The number of amides is 1. The average molecular weight is 296 g/mol. The van der Waals surface area contributed by atoms with Gasteiger partial charge in [-0.3, -0.25) is 14.5 Å². The first-order chi connectivity index (χ1) is 9.84. The fourth-order valence-electron chi connectivity index (χ4n) is 3.59. The summed E-state index contributed by atoms with van der Waals surface area (Å²) in [6.45, 7) is 4.30. The highest BCUT2D eigenvalue weighted by Gasteiger charge is 2.38. The summed E-state index contributed by atoms with van der Waals surface area (Å²) < 4.78 is 0. The molecule has 1 aliphatic heterocycles. The number of carbonyl (C=O) groups excluding carboxylic acids is 1. The van der Waals surface area contributed by atoms with Gasteiger partial charge in [-0.15, -0.1) is 0 Å². The van der Waals surface area contributed by atoms with Crippen molar-refractivity contribution in [3.05, 3.63) is 0 Å². The average Bonchev–Trinajstić information content (AvgIpc) is 2.46. The Balaban J connectivity index is 2.00. The van der Waals surface area contributed by atoms with Crippen LogP contribution in [0.25, 0.3) is 0 Å². The number of carboxylic acids is 1. The van der Waals surface area contributed by atoms with Crippen LogP contribution in [0.3, 0.4) is 0 Å². The van der Waals surface area contributed by atoms with Gasteiger partial charge >= 0.3 is 5.97 Å². The first kappa shape index (κ1) is 16.3. The minimum absolute atomic E-state index is 0.0865. The number of carbonyl (C=O) groups is 2. The standard InChI is InChI=1S/C16H28N2O3/c1-16(2,15(20)21)17(3)11-14(19)18-10-6-8-12-7-4-5-9-13(12)18/h12-13H,4-11H2,1-3H3,(H,20,21). The summed E-state index contributed by atoms with van der Waals surface area (Å²) in [5.74, 6) is -0.148. The third-order valence-corrected chi connectivity index (χ3v) is 5.41. The predicted octanol–water partition coefficient (Wildman–Crippen LogP) is 1.96. The molecule has 5 nitrogen and oxygen atoms in total. The number of likely N-dealkylation sites (N-methyl/N-ethyl adjacent to an activating group) is 1. The molecule has 1 saturated carbocycles. The Morgan fingerprint density at radius 2 is 1.81 bits per heavy atom. The molecule has 21 heavy (non-hydrogen) atoms. The number of piperidine rings is 1. The molecule has 1 saturated heterocycles. The summed E-state index contributed by atoms with van der Waals surface area (Å²) >= 11 is 0. The lowest BCUT2D eigenvalue weighted by atomic mass is 9.78. The quantitative estimate of drug-likeness (QED) is 0.861. The second-order valence-corrected chi connectivity index (χ2v) is 7.06. The number of hydrogen-bond donors (Lipinski definition) is 1. The van der Waals surface area contributed by atoms with Crippen molar-refractivity contribution in [2.24, 2.45) is 5.92 Å². The lowest BCUT2D eigenvalue weighted by Crippen LogP contribution is -2.56. The van der Waals surface area contributed by atoms with Gasteiger partial charge in [0.1, 0.15) is 5.54 Å². The first-order valence-electron chi connectivity index (χ1n) is 8.08. The minimum atomic E-state index is -1.02. The maximum atomic E-state index is 12.6. The number of fused-ring (bicyclic) bond motifs is 1. The van der Waals surface area contributed by atoms with E-state index in [1.54, 1.807) is 25.8 Å². The summed E-state index contributed by atoms with van der Waals surface area (Å²) in [6, 6.07) is 0.390. The molecule has 2 aliphatic rings. The largest absolute Gasteiger partial charge is 0.480 e. The van der Waals surface area contributed by atoms with Gasteiger partial charge in [-0.25, -0.2) is 0 Å². The molecule has 0 aromatic heterocycles. The summed E-state index contributed by atoms with van der Waals surface area (Å²) in [4.78, 5) is 27.6. The zero-order chi connectivity index (χ0) is 15.6. The lowest BCUT2D eigenvalue weighted by molar-refractivity contribution is -0.151. The molecule has 1 N–H and O–H groups in total. The number of carboxylic acid groups (broad SMARTS) is 1.